The van der Waals surface area contributed by atoms with Crippen LogP contribution in [-0.4, -0.2) is 39.8 Å². The maximum Gasteiger partial charge on any atom is 0.237 e. The highest BCUT2D eigenvalue weighted by Crippen LogP contribution is 2.36. The molecule has 2 aromatic carbocycles. The minimum absolute atomic E-state index is 0.174. The van der Waals surface area contributed by atoms with Gasteiger partial charge in [-0.25, -0.2) is 0 Å². The third kappa shape index (κ3) is 4.08. The Kier molecular flexibility index (Phi) is 5.89. The molecule has 4 aromatic rings. The molecule has 1 aliphatic rings. The molecule has 1 N–H and O–H groups in total. The van der Waals surface area contributed by atoms with Crippen molar-refractivity contribution in [3.63, 3.8) is 0 Å². The Morgan fingerprint density at radius 3 is 2.94 bits per heavy atom. The van der Waals surface area contributed by atoms with Gasteiger partial charge in [0.25, 0.3) is 0 Å². The van der Waals surface area contributed by atoms with Gasteiger partial charge in [-0.05, 0) is 31.2 Å². The zero-order chi connectivity index (χ0) is 23.7. The van der Waals surface area contributed by atoms with E-state index >= 15 is 0 Å². The van der Waals surface area contributed by atoms with E-state index in [4.69, 9.17) is 18.6 Å². The fraction of sp³-hybridized carbons (Fsp3) is 0.208. The molecule has 0 spiro atoms. The van der Waals surface area contributed by atoms with E-state index < -0.39 is 5.25 Å². The lowest BCUT2D eigenvalue weighted by molar-refractivity contribution is -0.115. The van der Waals surface area contributed by atoms with Gasteiger partial charge in [-0.2, -0.15) is 0 Å². The van der Waals surface area contributed by atoms with Crippen molar-refractivity contribution in [2.75, 3.05) is 19.2 Å². The minimum atomic E-state index is -0.443. The number of ether oxygens (including phenoxy) is 3. The summed E-state index contributed by atoms with van der Waals surface area (Å²) in [4.78, 5) is 12.8. The van der Waals surface area contributed by atoms with Crippen LogP contribution in [0.25, 0.3) is 22.6 Å². The Balaban J connectivity index is 1.37. The Morgan fingerprint density at radius 2 is 2.12 bits per heavy atom. The molecule has 0 aliphatic carbocycles. The van der Waals surface area contributed by atoms with Crippen LogP contribution in [0, 0.1) is 0 Å². The molecule has 0 bridgehead atoms. The van der Waals surface area contributed by atoms with E-state index in [1.54, 1.807) is 31.4 Å². The van der Waals surface area contributed by atoms with Gasteiger partial charge in [-0.1, -0.05) is 30.0 Å². The number of carbonyl (C=O) groups is 1. The van der Waals surface area contributed by atoms with Crippen LogP contribution < -0.4 is 19.5 Å². The number of aromatic nitrogens is 3. The molecule has 1 unspecified atom stereocenters. The molecule has 1 atom stereocenters. The normalized spacial score (nSPS) is 13.1. The summed E-state index contributed by atoms with van der Waals surface area (Å²) < 4.78 is 24.0. The number of amides is 1. The second kappa shape index (κ2) is 9.14. The summed E-state index contributed by atoms with van der Waals surface area (Å²) >= 11 is 1.30. The molecule has 5 rings (SSSR count). The Labute approximate surface area is 199 Å². The SMILES string of the molecule is C=CCn1c(SC(C)C(=O)Nc2ccc3c(c2)OCO3)nnc1-c1cc2cccc(OC)c2o1. The number of hydrogen-bond donors (Lipinski definition) is 1. The number of para-hydroxylation sites is 1. The Morgan fingerprint density at radius 1 is 1.26 bits per heavy atom. The summed E-state index contributed by atoms with van der Waals surface area (Å²) in [6.07, 6.45) is 1.75. The molecule has 0 saturated carbocycles. The van der Waals surface area contributed by atoms with Crippen LogP contribution in [0.5, 0.6) is 17.2 Å². The van der Waals surface area contributed by atoms with Gasteiger partial charge in [0.1, 0.15) is 0 Å². The molecule has 3 heterocycles. The number of rotatable bonds is 8. The number of carbonyl (C=O) groups excluding carboxylic acids is 1. The first-order valence-electron chi connectivity index (χ1n) is 10.6. The molecule has 10 heteroatoms. The van der Waals surface area contributed by atoms with Gasteiger partial charge >= 0.3 is 0 Å². The molecular formula is C24H22N4O5S. The van der Waals surface area contributed by atoms with Crippen LogP contribution in [0.2, 0.25) is 0 Å². The smallest absolute Gasteiger partial charge is 0.237 e. The van der Waals surface area contributed by atoms with Crippen molar-refractivity contribution in [2.45, 2.75) is 23.9 Å². The van der Waals surface area contributed by atoms with Gasteiger partial charge in [0.15, 0.2) is 33.7 Å². The van der Waals surface area contributed by atoms with E-state index in [1.165, 1.54) is 11.8 Å². The minimum Gasteiger partial charge on any atom is -0.493 e. The molecule has 1 amide bonds. The van der Waals surface area contributed by atoms with E-state index in [0.717, 1.165) is 5.39 Å². The number of nitrogens with zero attached hydrogens (tertiary/aromatic N) is 3. The average molecular weight is 479 g/mol. The van der Waals surface area contributed by atoms with Crippen molar-refractivity contribution < 1.29 is 23.4 Å². The fourth-order valence-corrected chi connectivity index (χ4v) is 4.45. The quantitative estimate of drug-likeness (QED) is 0.286. The monoisotopic (exact) mass is 478 g/mol. The van der Waals surface area contributed by atoms with Crippen molar-refractivity contribution in [3.05, 3.63) is 55.1 Å². The maximum atomic E-state index is 12.8. The number of methoxy groups -OCH3 is 1. The number of fused-ring (bicyclic) bond motifs is 2. The number of allylic oxidation sites excluding steroid dienone is 1. The fourth-order valence-electron chi connectivity index (χ4n) is 3.59. The second-order valence-corrected chi connectivity index (χ2v) is 8.82. The largest absolute Gasteiger partial charge is 0.493 e. The van der Waals surface area contributed by atoms with Crippen LogP contribution >= 0.6 is 11.8 Å². The van der Waals surface area contributed by atoms with Gasteiger partial charge in [-0.3, -0.25) is 9.36 Å². The second-order valence-electron chi connectivity index (χ2n) is 7.51. The highest BCUT2D eigenvalue weighted by molar-refractivity contribution is 8.00. The number of thioether (sulfide) groups is 1. The van der Waals surface area contributed by atoms with Crippen molar-refractivity contribution in [3.8, 4) is 28.8 Å². The summed E-state index contributed by atoms with van der Waals surface area (Å²) in [5.74, 6) is 2.83. The lowest BCUT2D eigenvalue weighted by Gasteiger charge is -2.13. The molecule has 0 fully saturated rings. The van der Waals surface area contributed by atoms with Crippen LogP contribution in [0.4, 0.5) is 5.69 Å². The topological polar surface area (TPSA) is 101 Å². The molecule has 2 aromatic heterocycles. The molecule has 34 heavy (non-hydrogen) atoms. The first-order chi connectivity index (χ1) is 16.6. The maximum absolute atomic E-state index is 12.8. The van der Waals surface area contributed by atoms with Crippen molar-refractivity contribution in [2.24, 2.45) is 0 Å². The molecule has 0 radical (unpaired) electrons. The predicted molar refractivity (Wildman–Crippen MR) is 128 cm³/mol. The van der Waals surface area contributed by atoms with Crippen LogP contribution in [0.15, 0.2) is 64.7 Å². The van der Waals surface area contributed by atoms with Gasteiger partial charge in [-0.15, -0.1) is 16.8 Å². The van der Waals surface area contributed by atoms with Crippen LogP contribution in [-0.2, 0) is 11.3 Å². The Bertz CT molecular complexity index is 1380. The van der Waals surface area contributed by atoms with Gasteiger partial charge in [0.2, 0.25) is 18.5 Å². The van der Waals surface area contributed by atoms with E-state index in [1.807, 2.05) is 35.8 Å². The number of benzene rings is 2. The zero-order valence-electron chi connectivity index (χ0n) is 18.6. The van der Waals surface area contributed by atoms with Crippen molar-refractivity contribution in [1.82, 2.24) is 14.8 Å². The number of hydrogen-bond acceptors (Lipinski definition) is 8. The highest BCUT2D eigenvalue weighted by Gasteiger charge is 2.23. The Hall–Kier alpha value is -3.92. The van der Waals surface area contributed by atoms with E-state index in [0.29, 0.717) is 51.8 Å². The van der Waals surface area contributed by atoms with Gasteiger partial charge < -0.3 is 23.9 Å². The first kappa shape index (κ1) is 21.9. The zero-order valence-corrected chi connectivity index (χ0v) is 19.4. The summed E-state index contributed by atoms with van der Waals surface area (Å²) in [5, 5.41) is 12.6. The lowest BCUT2D eigenvalue weighted by Crippen LogP contribution is -2.23. The van der Waals surface area contributed by atoms with Crippen LogP contribution in [0.3, 0.4) is 0 Å². The summed E-state index contributed by atoms with van der Waals surface area (Å²) in [6, 6.07) is 12.9. The number of nitrogens with one attached hydrogen (secondary N) is 1. The van der Waals surface area contributed by atoms with Crippen molar-refractivity contribution in [1.29, 1.82) is 0 Å². The summed E-state index contributed by atoms with van der Waals surface area (Å²) in [6.45, 7) is 6.29. The first-order valence-corrected chi connectivity index (χ1v) is 11.4. The van der Waals surface area contributed by atoms with E-state index in [9.17, 15) is 4.79 Å². The third-order valence-corrected chi connectivity index (χ3v) is 6.35. The van der Waals surface area contributed by atoms with E-state index in [-0.39, 0.29) is 12.7 Å². The predicted octanol–water partition coefficient (Wildman–Crippen LogP) is 4.73. The molecule has 9 nitrogen and oxygen atoms in total. The van der Waals surface area contributed by atoms with E-state index in [2.05, 4.69) is 22.1 Å². The summed E-state index contributed by atoms with van der Waals surface area (Å²) in [7, 11) is 1.60. The molecular weight excluding hydrogens is 456 g/mol. The van der Waals surface area contributed by atoms with Gasteiger partial charge in [0.05, 0.1) is 12.4 Å². The standard InChI is InChI=1S/C24H22N4O5S/c1-4-10-28-22(20-11-15-6-5-7-18(30-3)21(15)33-20)26-27-24(28)34-14(2)23(29)25-16-8-9-17-19(12-16)32-13-31-17/h4-9,11-12,14H,1,10,13H2,2-3H3,(H,25,29). The summed E-state index contributed by atoms with van der Waals surface area (Å²) in [5.41, 5.74) is 1.27. The molecule has 1 aliphatic heterocycles. The molecule has 174 valence electrons. The average Bonchev–Trinajstić information content (AvgIpc) is 3.57. The number of anilines is 1. The number of furan rings is 1. The molecule has 0 saturated heterocycles. The highest BCUT2D eigenvalue weighted by atomic mass is 32.2. The van der Waals surface area contributed by atoms with Crippen molar-refractivity contribution >= 4 is 34.3 Å². The van der Waals surface area contributed by atoms with Gasteiger partial charge in [0, 0.05) is 23.7 Å². The van der Waals surface area contributed by atoms with Crippen LogP contribution in [0.1, 0.15) is 6.92 Å². The lowest BCUT2D eigenvalue weighted by atomic mass is 10.2. The third-order valence-electron chi connectivity index (χ3n) is 5.27.